The van der Waals surface area contributed by atoms with Gasteiger partial charge in [0, 0.05) is 62.0 Å². The van der Waals surface area contributed by atoms with Crippen LogP contribution in [0.2, 0.25) is 0 Å². The van der Waals surface area contributed by atoms with E-state index in [-0.39, 0.29) is 34.1 Å². The second kappa shape index (κ2) is 12.9. The summed E-state index contributed by atoms with van der Waals surface area (Å²) in [5.41, 5.74) is 6.66. The minimum absolute atomic E-state index is 0.106. The highest BCUT2D eigenvalue weighted by atomic mass is 32.1. The number of carbonyl (C=O) groups is 3. The number of anilines is 1. The van der Waals surface area contributed by atoms with Gasteiger partial charge < -0.3 is 25.5 Å². The van der Waals surface area contributed by atoms with Crippen molar-refractivity contribution in [2.24, 2.45) is 5.92 Å². The first kappa shape index (κ1) is 31.7. The molecule has 0 saturated heterocycles. The van der Waals surface area contributed by atoms with E-state index in [9.17, 15) is 19.5 Å². The highest BCUT2D eigenvalue weighted by Gasteiger charge is 2.27. The van der Waals surface area contributed by atoms with E-state index in [0.717, 1.165) is 43.6 Å². The van der Waals surface area contributed by atoms with Crippen molar-refractivity contribution in [1.29, 1.82) is 0 Å². The molecule has 0 spiro atoms. The van der Waals surface area contributed by atoms with Crippen molar-refractivity contribution >= 4 is 51.3 Å². The third-order valence-corrected chi connectivity index (χ3v) is 9.61. The number of carboxylic acids is 1. The van der Waals surface area contributed by atoms with E-state index in [1.807, 2.05) is 80.0 Å². The van der Waals surface area contributed by atoms with Crippen LogP contribution in [-0.4, -0.2) is 34.4 Å². The topological polar surface area (TPSA) is 121 Å². The Hall–Kier alpha value is -5.93. The smallest absolute Gasteiger partial charge is 0.336 e. The summed E-state index contributed by atoms with van der Waals surface area (Å²) in [7, 11) is 0. The zero-order chi connectivity index (χ0) is 34.2. The van der Waals surface area contributed by atoms with Crippen molar-refractivity contribution in [2.75, 3.05) is 11.9 Å². The molecule has 0 fully saturated rings. The fourth-order valence-corrected chi connectivity index (χ4v) is 7.09. The van der Waals surface area contributed by atoms with Crippen LogP contribution < -0.4 is 15.4 Å². The number of thiophene rings is 1. The van der Waals surface area contributed by atoms with Gasteiger partial charge >= 0.3 is 5.97 Å². The number of fused-ring (bicyclic) bond motifs is 4. The van der Waals surface area contributed by atoms with E-state index < -0.39 is 11.9 Å². The summed E-state index contributed by atoms with van der Waals surface area (Å²) in [6.07, 6.45) is 1.85. The van der Waals surface area contributed by atoms with Gasteiger partial charge in [0.1, 0.15) is 12.4 Å². The zero-order valence-electron chi connectivity index (χ0n) is 26.9. The summed E-state index contributed by atoms with van der Waals surface area (Å²) < 4.78 is 6.13. The first-order valence-electron chi connectivity index (χ1n) is 15.9. The normalized spacial score (nSPS) is 11.8. The molecule has 6 aromatic rings. The Labute approximate surface area is 287 Å². The van der Waals surface area contributed by atoms with Gasteiger partial charge in [-0.2, -0.15) is 0 Å². The number of rotatable bonds is 9. The number of carbonyl (C=O) groups excluding carboxylic acids is 2. The number of nitrogens with one attached hydrogen (secondary N) is 3. The third kappa shape index (κ3) is 6.00. The maximum atomic E-state index is 14.5. The first-order valence-corrected chi connectivity index (χ1v) is 16.8. The van der Waals surface area contributed by atoms with E-state index in [1.165, 1.54) is 6.07 Å². The third-order valence-electron chi connectivity index (χ3n) is 8.62. The Bertz CT molecular complexity index is 2280. The largest absolute Gasteiger partial charge is 0.488 e. The van der Waals surface area contributed by atoms with Gasteiger partial charge in [-0.25, -0.2) is 4.79 Å². The summed E-state index contributed by atoms with van der Waals surface area (Å²) in [6, 6.07) is 25.5. The number of ether oxygens (including phenoxy) is 1. The lowest BCUT2D eigenvalue weighted by Crippen LogP contribution is -2.27. The van der Waals surface area contributed by atoms with Crippen LogP contribution in [-0.2, 0) is 6.61 Å². The SMILES string of the molecule is C=C(c1ccccc1)c1c(NC(=O)c2cc3c(cc2-c2ccc(C(=O)NCC(C)C)cc2C(=O)O)OCc2ccsc2-3)ccc2[nH]ccc12. The number of aromatic amines is 1. The molecular weight excluding hydrogens is 635 g/mol. The van der Waals surface area contributed by atoms with Gasteiger partial charge in [0.15, 0.2) is 0 Å². The van der Waals surface area contributed by atoms with Crippen LogP contribution in [0, 0.1) is 5.92 Å². The lowest BCUT2D eigenvalue weighted by molar-refractivity contribution is 0.0697. The Morgan fingerprint density at radius 3 is 2.49 bits per heavy atom. The zero-order valence-corrected chi connectivity index (χ0v) is 27.7. The number of amides is 2. The minimum Gasteiger partial charge on any atom is -0.488 e. The predicted octanol–water partition coefficient (Wildman–Crippen LogP) is 8.85. The van der Waals surface area contributed by atoms with Crippen molar-refractivity contribution < 1.29 is 24.2 Å². The Kier molecular flexibility index (Phi) is 8.36. The Morgan fingerprint density at radius 2 is 1.71 bits per heavy atom. The van der Waals surface area contributed by atoms with Crippen LogP contribution in [0.5, 0.6) is 5.75 Å². The second-order valence-electron chi connectivity index (χ2n) is 12.4. The number of hydrogen-bond donors (Lipinski definition) is 4. The number of hydrogen-bond acceptors (Lipinski definition) is 5. The molecule has 0 saturated carbocycles. The molecular formula is C40H33N3O5S. The van der Waals surface area contributed by atoms with Crippen molar-refractivity contribution in [1.82, 2.24) is 10.3 Å². The molecule has 1 aliphatic rings. The van der Waals surface area contributed by atoms with E-state index >= 15 is 0 Å². The van der Waals surface area contributed by atoms with Crippen molar-refractivity contribution in [2.45, 2.75) is 20.5 Å². The average molecular weight is 668 g/mol. The summed E-state index contributed by atoms with van der Waals surface area (Å²) in [4.78, 5) is 44.4. The van der Waals surface area contributed by atoms with Gasteiger partial charge in [-0.3, -0.25) is 9.59 Å². The van der Waals surface area contributed by atoms with Crippen molar-refractivity contribution in [3.8, 4) is 27.3 Å². The van der Waals surface area contributed by atoms with Gasteiger partial charge in [0.2, 0.25) is 0 Å². The van der Waals surface area contributed by atoms with Crippen LogP contribution in [0.25, 0.3) is 38.0 Å². The molecule has 9 heteroatoms. The molecule has 1 aliphatic heterocycles. The molecule has 0 bridgehead atoms. The fourth-order valence-electron chi connectivity index (χ4n) is 6.16. The molecule has 4 N–H and O–H groups in total. The molecule has 0 atom stereocenters. The van der Waals surface area contributed by atoms with E-state index in [2.05, 4.69) is 22.2 Å². The van der Waals surface area contributed by atoms with Crippen LogP contribution in [0.1, 0.15) is 61.6 Å². The molecule has 3 heterocycles. The number of benzene rings is 4. The van der Waals surface area contributed by atoms with Gasteiger partial charge in [-0.05, 0) is 82.1 Å². The number of aromatic nitrogens is 1. The van der Waals surface area contributed by atoms with Gasteiger partial charge in [0.05, 0.1) is 5.56 Å². The summed E-state index contributed by atoms with van der Waals surface area (Å²) in [5.74, 6) is -1.26. The van der Waals surface area contributed by atoms with Crippen molar-refractivity contribution in [3.63, 3.8) is 0 Å². The predicted molar refractivity (Wildman–Crippen MR) is 194 cm³/mol. The van der Waals surface area contributed by atoms with Gasteiger partial charge in [-0.15, -0.1) is 11.3 Å². The monoisotopic (exact) mass is 667 g/mol. The molecule has 0 unspecified atom stereocenters. The molecule has 2 aromatic heterocycles. The van der Waals surface area contributed by atoms with Crippen molar-refractivity contribution in [3.05, 3.63) is 136 Å². The maximum Gasteiger partial charge on any atom is 0.336 e. The fraction of sp³-hybridized carbons (Fsp3) is 0.125. The van der Waals surface area contributed by atoms with Crippen LogP contribution in [0.3, 0.4) is 0 Å². The molecule has 49 heavy (non-hydrogen) atoms. The van der Waals surface area contributed by atoms with E-state index in [4.69, 9.17) is 4.74 Å². The molecule has 8 nitrogen and oxygen atoms in total. The van der Waals surface area contributed by atoms with Gasteiger partial charge in [0.25, 0.3) is 11.8 Å². The van der Waals surface area contributed by atoms with E-state index in [1.54, 1.807) is 35.6 Å². The molecule has 2 amide bonds. The Balaban J connectivity index is 1.36. The van der Waals surface area contributed by atoms with Crippen LogP contribution in [0.15, 0.2) is 103 Å². The van der Waals surface area contributed by atoms with Crippen LogP contribution >= 0.6 is 11.3 Å². The number of H-pyrrole nitrogens is 1. The standard InChI is InChI=1S/C40H33N3O5S/c1-22(2)20-42-38(44)25-9-10-27(31(17-25)40(46)47)29-19-35-32(37-26(21-48-35)14-16-49-37)18-30(29)39(45)43-34-12-11-33-28(13-15-41-33)36(34)23(3)24-7-5-4-6-8-24/h4-19,22,41H,3,20-21H2,1-2H3,(H,42,44)(H,43,45)(H,46,47). The average Bonchev–Trinajstić information content (AvgIpc) is 3.80. The first-order chi connectivity index (χ1) is 23.7. The summed E-state index contributed by atoms with van der Waals surface area (Å²) in [6.45, 7) is 9.18. The van der Waals surface area contributed by atoms with Crippen LogP contribution in [0.4, 0.5) is 5.69 Å². The number of carboxylic acid groups (broad SMARTS) is 1. The summed E-state index contributed by atoms with van der Waals surface area (Å²) in [5, 5.41) is 19.2. The highest BCUT2D eigenvalue weighted by molar-refractivity contribution is 7.13. The van der Waals surface area contributed by atoms with Gasteiger partial charge in [-0.1, -0.05) is 56.8 Å². The molecule has 244 valence electrons. The molecule has 0 aliphatic carbocycles. The Morgan fingerprint density at radius 1 is 0.898 bits per heavy atom. The summed E-state index contributed by atoms with van der Waals surface area (Å²) >= 11 is 1.55. The quantitative estimate of drug-likeness (QED) is 0.123. The molecule has 7 rings (SSSR count). The molecule has 0 radical (unpaired) electrons. The maximum absolute atomic E-state index is 14.5. The minimum atomic E-state index is -1.22. The lowest BCUT2D eigenvalue weighted by atomic mass is 9.90. The lowest BCUT2D eigenvalue weighted by Gasteiger charge is -2.22. The molecule has 4 aromatic carbocycles. The second-order valence-corrected chi connectivity index (χ2v) is 13.3. The van der Waals surface area contributed by atoms with E-state index in [0.29, 0.717) is 30.2 Å². The highest BCUT2D eigenvalue weighted by Crippen LogP contribution is 2.45. The number of aromatic carboxylic acids is 1.